The lowest BCUT2D eigenvalue weighted by atomic mass is 9.67. The van der Waals surface area contributed by atoms with Crippen molar-refractivity contribution in [2.75, 3.05) is 0 Å². The van der Waals surface area contributed by atoms with E-state index in [1.165, 1.54) is 6.92 Å². The Bertz CT molecular complexity index is 214. The quantitative estimate of drug-likeness (QED) is 0.621. The van der Waals surface area contributed by atoms with Crippen LogP contribution in [-0.4, -0.2) is 23.3 Å². The fraction of sp³-hybridized carbons (Fsp3) is 0.900. The number of esters is 1. The predicted octanol–water partition coefficient (Wildman–Crippen LogP) is 1.10. The van der Waals surface area contributed by atoms with Crippen LogP contribution in [0.1, 0.15) is 32.6 Å². The van der Waals surface area contributed by atoms with Gasteiger partial charge in [0.2, 0.25) is 0 Å². The van der Waals surface area contributed by atoms with E-state index in [9.17, 15) is 9.90 Å². The monoisotopic (exact) mass is 184 g/mol. The Morgan fingerprint density at radius 1 is 1.31 bits per heavy atom. The van der Waals surface area contributed by atoms with Crippen LogP contribution in [-0.2, 0) is 9.53 Å². The van der Waals surface area contributed by atoms with Crippen molar-refractivity contribution in [2.24, 2.45) is 11.8 Å². The lowest BCUT2D eigenvalue weighted by Gasteiger charge is -2.44. The molecule has 0 radical (unpaired) electrons. The van der Waals surface area contributed by atoms with Crippen LogP contribution in [0, 0.1) is 11.8 Å². The van der Waals surface area contributed by atoms with Crippen molar-refractivity contribution in [3.63, 3.8) is 0 Å². The van der Waals surface area contributed by atoms with E-state index in [4.69, 9.17) is 4.74 Å². The number of ether oxygens (including phenoxy) is 1. The predicted molar refractivity (Wildman–Crippen MR) is 47.0 cm³/mol. The van der Waals surface area contributed by atoms with Gasteiger partial charge in [-0.1, -0.05) is 0 Å². The van der Waals surface area contributed by atoms with E-state index in [-0.39, 0.29) is 18.2 Å². The molecule has 0 aromatic rings. The third-order valence-corrected chi connectivity index (χ3v) is 3.37. The molecule has 3 saturated carbocycles. The fourth-order valence-electron chi connectivity index (χ4n) is 2.70. The van der Waals surface area contributed by atoms with Crippen molar-refractivity contribution in [1.82, 2.24) is 0 Å². The molecule has 3 heteroatoms. The first-order chi connectivity index (χ1) is 6.16. The SMILES string of the molecule is CC(=O)O[C@H]1C[C@@H]2CC[C@H]1C[C@@H]2O. The summed E-state index contributed by atoms with van der Waals surface area (Å²) in [5, 5.41) is 9.61. The molecule has 2 bridgehead atoms. The van der Waals surface area contributed by atoms with Crippen LogP contribution >= 0.6 is 0 Å². The molecule has 1 N–H and O–H groups in total. The molecule has 0 heterocycles. The fourth-order valence-corrected chi connectivity index (χ4v) is 2.70. The van der Waals surface area contributed by atoms with Gasteiger partial charge in [-0.15, -0.1) is 0 Å². The molecule has 0 amide bonds. The topological polar surface area (TPSA) is 46.5 Å². The molecular formula is C10H16O3. The second-order valence-corrected chi connectivity index (χ2v) is 4.28. The largest absolute Gasteiger partial charge is 0.462 e. The molecule has 0 aromatic carbocycles. The van der Waals surface area contributed by atoms with Gasteiger partial charge in [0, 0.05) is 6.92 Å². The van der Waals surface area contributed by atoms with Gasteiger partial charge in [0.25, 0.3) is 0 Å². The molecule has 3 rings (SSSR count). The number of hydrogen-bond acceptors (Lipinski definition) is 3. The minimum absolute atomic E-state index is 0.0830. The highest BCUT2D eigenvalue weighted by atomic mass is 16.5. The van der Waals surface area contributed by atoms with Crippen LogP contribution < -0.4 is 0 Å². The van der Waals surface area contributed by atoms with Crippen molar-refractivity contribution in [3.8, 4) is 0 Å². The molecule has 74 valence electrons. The summed E-state index contributed by atoms with van der Waals surface area (Å²) >= 11 is 0. The highest BCUT2D eigenvalue weighted by molar-refractivity contribution is 5.66. The average molecular weight is 184 g/mol. The zero-order valence-corrected chi connectivity index (χ0v) is 7.90. The highest BCUT2D eigenvalue weighted by Gasteiger charge is 2.42. The minimum atomic E-state index is -0.188. The molecule has 0 unspecified atom stereocenters. The summed E-state index contributed by atoms with van der Waals surface area (Å²) in [7, 11) is 0. The molecule has 13 heavy (non-hydrogen) atoms. The van der Waals surface area contributed by atoms with Gasteiger partial charge in [0.1, 0.15) is 6.10 Å². The van der Waals surface area contributed by atoms with Crippen LogP contribution in [0.5, 0.6) is 0 Å². The van der Waals surface area contributed by atoms with Crippen LogP contribution in [0.2, 0.25) is 0 Å². The smallest absolute Gasteiger partial charge is 0.302 e. The van der Waals surface area contributed by atoms with Gasteiger partial charge in [0.05, 0.1) is 6.10 Å². The summed E-state index contributed by atoms with van der Waals surface area (Å²) in [4.78, 5) is 10.8. The summed E-state index contributed by atoms with van der Waals surface area (Å²) in [6.07, 6.45) is 3.84. The van der Waals surface area contributed by atoms with Gasteiger partial charge in [0.15, 0.2) is 0 Å². The van der Waals surface area contributed by atoms with Crippen molar-refractivity contribution < 1.29 is 14.6 Å². The van der Waals surface area contributed by atoms with Crippen LogP contribution in [0.3, 0.4) is 0 Å². The standard InChI is InChI=1S/C10H16O3/c1-6(11)13-10-5-7-2-3-8(10)4-9(7)12/h7-10,12H,2-5H2,1H3/t7-,8-,9-,10-/m0/s1. The summed E-state index contributed by atoms with van der Waals surface area (Å²) in [5.74, 6) is 0.588. The van der Waals surface area contributed by atoms with E-state index in [0.29, 0.717) is 11.8 Å². The lowest BCUT2D eigenvalue weighted by Crippen LogP contribution is -2.45. The number of carbonyl (C=O) groups excluding carboxylic acids is 1. The van der Waals surface area contributed by atoms with E-state index in [1.807, 2.05) is 0 Å². The van der Waals surface area contributed by atoms with Crippen molar-refractivity contribution in [3.05, 3.63) is 0 Å². The van der Waals surface area contributed by atoms with Gasteiger partial charge < -0.3 is 9.84 Å². The molecule has 0 saturated heterocycles. The van der Waals surface area contributed by atoms with E-state index < -0.39 is 0 Å². The molecule has 3 aliphatic rings. The maximum Gasteiger partial charge on any atom is 0.302 e. The van der Waals surface area contributed by atoms with Gasteiger partial charge in [-0.2, -0.15) is 0 Å². The molecule has 3 fully saturated rings. The second kappa shape index (κ2) is 3.29. The zero-order chi connectivity index (χ0) is 9.42. The number of rotatable bonds is 1. The summed E-state index contributed by atoms with van der Waals surface area (Å²) in [6.45, 7) is 1.46. The first kappa shape index (κ1) is 9.00. The Morgan fingerprint density at radius 3 is 2.46 bits per heavy atom. The zero-order valence-electron chi connectivity index (χ0n) is 7.90. The highest BCUT2D eigenvalue weighted by Crippen LogP contribution is 2.42. The molecule has 3 aliphatic carbocycles. The van der Waals surface area contributed by atoms with Gasteiger partial charge in [-0.25, -0.2) is 0 Å². The summed E-state index contributed by atoms with van der Waals surface area (Å²) in [6, 6.07) is 0. The Kier molecular flexibility index (Phi) is 2.28. The minimum Gasteiger partial charge on any atom is -0.462 e. The Hall–Kier alpha value is -0.570. The molecule has 0 spiro atoms. The number of carbonyl (C=O) groups is 1. The third kappa shape index (κ3) is 1.70. The number of hydrogen-bond donors (Lipinski definition) is 1. The maximum absolute atomic E-state index is 10.8. The second-order valence-electron chi connectivity index (χ2n) is 4.28. The first-order valence-electron chi connectivity index (χ1n) is 5.02. The molecule has 0 aliphatic heterocycles. The van der Waals surface area contributed by atoms with Crippen molar-refractivity contribution in [1.29, 1.82) is 0 Å². The normalized spacial score (nSPS) is 43.2. The van der Waals surface area contributed by atoms with Crippen molar-refractivity contribution >= 4 is 5.97 Å². The molecular weight excluding hydrogens is 168 g/mol. The van der Waals surface area contributed by atoms with Crippen LogP contribution in [0.4, 0.5) is 0 Å². The number of aliphatic hydroxyl groups is 1. The van der Waals surface area contributed by atoms with E-state index in [2.05, 4.69) is 0 Å². The lowest BCUT2D eigenvalue weighted by molar-refractivity contribution is -0.160. The number of fused-ring (bicyclic) bond motifs is 3. The maximum atomic E-state index is 10.8. The van der Waals surface area contributed by atoms with E-state index in [1.54, 1.807) is 0 Å². The average Bonchev–Trinajstić information content (AvgIpc) is 2.05. The van der Waals surface area contributed by atoms with Crippen molar-refractivity contribution in [2.45, 2.75) is 44.8 Å². The third-order valence-electron chi connectivity index (χ3n) is 3.37. The van der Waals surface area contributed by atoms with Gasteiger partial charge in [-0.05, 0) is 37.5 Å². The van der Waals surface area contributed by atoms with E-state index in [0.717, 1.165) is 25.7 Å². The van der Waals surface area contributed by atoms with E-state index >= 15 is 0 Å². The van der Waals surface area contributed by atoms with Gasteiger partial charge >= 0.3 is 5.97 Å². The molecule has 4 atom stereocenters. The number of aliphatic hydroxyl groups excluding tert-OH is 1. The Balaban J connectivity index is 1.98. The molecule has 0 aromatic heterocycles. The van der Waals surface area contributed by atoms with Gasteiger partial charge in [-0.3, -0.25) is 4.79 Å². The summed E-state index contributed by atoms with van der Waals surface area (Å²) in [5.41, 5.74) is 0. The first-order valence-corrected chi connectivity index (χ1v) is 5.02. The molecule has 3 nitrogen and oxygen atoms in total. The Labute approximate surface area is 78.1 Å². The van der Waals surface area contributed by atoms with Crippen LogP contribution in [0.25, 0.3) is 0 Å². The summed E-state index contributed by atoms with van der Waals surface area (Å²) < 4.78 is 5.22. The Morgan fingerprint density at radius 2 is 2.00 bits per heavy atom. The van der Waals surface area contributed by atoms with Crippen LogP contribution in [0.15, 0.2) is 0 Å².